The Balaban J connectivity index is 1.40. The highest BCUT2D eigenvalue weighted by molar-refractivity contribution is 5.79. The highest BCUT2D eigenvalue weighted by Crippen LogP contribution is 2.25. The molecule has 2 N–H and O–H groups in total. The lowest BCUT2D eigenvalue weighted by Crippen LogP contribution is -2.42. The Morgan fingerprint density at radius 3 is 2.67 bits per heavy atom. The van der Waals surface area contributed by atoms with Gasteiger partial charge in [-0.25, -0.2) is 9.98 Å². The Labute approximate surface area is 177 Å². The van der Waals surface area contributed by atoms with Crippen molar-refractivity contribution in [1.82, 2.24) is 20.5 Å². The minimum Gasteiger partial charge on any atom is -0.468 e. The molecule has 1 unspecified atom stereocenters. The molecule has 0 spiro atoms. The largest absolute Gasteiger partial charge is 0.468 e. The second kappa shape index (κ2) is 10.1. The number of rotatable bonds is 8. The van der Waals surface area contributed by atoms with Crippen LogP contribution in [0.5, 0.6) is 0 Å². The molecule has 0 amide bonds. The minimum atomic E-state index is 0.197. The number of guanidine groups is 1. The molecule has 7 heteroatoms. The molecular weight excluding hydrogens is 378 g/mol. The normalized spacial score (nSPS) is 16.0. The van der Waals surface area contributed by atoms with Crippen molar-refractivity contribution in [2.45, 2.75) is 32.4 Å². The maximum absolute atomic E-state index is 5.71. The van der Waals surface area contributed by atoms with E-state index < -0.39 is 0 Å². The van der Waals surface area contributed by atoms with Gasteiger partial charge >= 0.3 is 0 Å². The van der Waals surface area contributed by atoms with Gasteiger partial charge in [0.1, 0.15) is 17.7 Å². The van der Waals surface area contributed by atoms with Crippen molar-refractivity contribution in [3.63, 3.8) is 0 Å². The molecule has 4 rings (SSSR count). The van der Waals surface area contributed by atoms with Crippen molar-refractivity contribution in [1.29, 1.82) is 0 Å². The molecular formula is C23H29N5O2. The molecule has 1 fully saturated rings. The maximum Gasteiger partial charge on any atom is 0.226 e. The van der Waals surface area contributed by atoms with Crippen molar-refractivity contribution in [3.05, 3.63) is 66.4 Å². The third kappa shape index (κ3) is 5.10. The Morgan fingerprint density at radius 1 is 1.10 bits per heavy atom. The lowest BCUT2D eigenvalue weighted by Gasteiger charge is -2.26. The van der Waals surface area contributed by atoms with Gasteiger partial charge < -0.3 is 19.5 Å². The van der Waals surface area contributed by atoms with Gasteiger partial charge in [-0.1, -0.05) is 18.2 Å². The van der Waals surface area contributed by atoms with Gasteiger partial charge in [0.05, 0.1) is 18.8 Å². The fraction of sp³-hybridized carbons (Fsp3) is 0.391. The van der Waals surface area contributed by atoms with Crippen molar-refractivity contribution in [2.24, 2.45) is 4.99 Å². The van der Waals surface area contributed by atoms with E-state index in [0.29, 0.717) is 12.4 Å². The summed E-state index contributed by atoms with van der Waals surface area (Å²) in [5.74, 6) is 2.37. The monoisotopic (exact) mass is 407 g/mol. The van der Waals surface area contributed by atoms with E-state index in [1.54, 1.807) is 12.5 Å². The summed E-state index contributed by atoms with van der Waals surface area (Å²) in [6, 6.07) is 14.1. The average molecular weight is 408 g/mol. The number of hydrogen-bond donors (Lipinski definition) is 2. The highest BCUT2D eigenvalue weighted by atomic mass is 16.3. The molecule has 1 aliphatic heterocycles. The van der Waals surface area contributed by atoms with E-state index in [4.69, 9.17) is 13.8 Å². The summed E-state index contributed by atoms with van der Waals surface area (Å²) >= 11 is 0. The smallest absolute Gasteiger partial charge is 0.226 e. The maximum atomic E-state index is 5.71. The molecule has 7 nitrogen and oxygen atoms in total. The van der Waals surface area contributed by atoms with Gasteiger partial charge in [-0.15, -0.1) is 0 Å². The third-order valence-corrected chi connectivity index (χ3v) is 5.23. The quantitative estimate of drug-likeness (QED) is 0.436. The van der Waals surface area contributed by atoms with Gasteiger partial charge in [-0.2, -0.15) is 0 Å². The van der Waals surface area contributed by atoms with Gasteiger partial charge in [0.25, 0.3) is 0 Å². The SMILES string of the molecule is CCNC(=NCc1coc(-c2ccccc2)n1)NCC(c1ccco1)N1CCCC1. The number of oxazole rings is 1. The number of furan rings is 1. The lowest BCUT2D eigenvalue weighted by atomic mass is 10.2. The Morgan fingerprint density at radius 2 is 1.93 bits per heavy atom. The molecule has 1 saturated heterocycles. The second-order valence-electron chi connectivity index (χ2n) is 7.36. The molecule has 1 atom stereocenters. The van der Waals surface area contributed by atoms with Crippen LogP contribution >= 0.6 is 0 Å². The van der Waals surface area contributed by atoms with E-state index in [1.165, 1.54) is 12.8 Å². The van der Waals surface area contributed by atoms with Gasteiger partial charge in [0.15, 0.2) is 5.96 Å². The first-order valence-electron chi connectivity index (χ1n) is 10.6. The van der Waals surface area contributed by atoms with Crippen molar-refractivity contribution < 1.29 is 8.83 Å². The van der Waals surface area contributed by atoms with Crippen LogP contribution in [0.3, 0.4) is 0 Å². The van der Waals surface area contributed by atoms with Crippen LogP contribution in [0.2, 0.25) is 0 Å². The van der Waals surface area contributed by atoms with Crippen LogP contribution in [-0.2, 0) is 6.54 Å². The first-order chi connectivity index (χ1) is 14.8. The van der Waals surface area contributed by atoms with Crippen LogP contribution in [0.4, 0.5) is 0 Å². The lowest BCUT2D eigenvalue weighted by molar-refractivity contribution is 0.215. The average Bonchev–Trinajstić information content (AvgIpc) is 3.56. The first-order valence-corrected chi connectivity index (χ1v) is 10.6. The van der Waals surface area contributed by atoms with E-state index in [0.717, 1.165) is 49.2 Å². The van der Waals surface area contributed by atoms with E-state index in [1.807, 2.05) is 36.4 Å². The summed E-state index contributed by atoms with van der Waals surface area (Å²) in [6.45, 7) is 6.22. The molecule has 158 valence electrons. The van der Waals surface area contributed by atoms with Gasteiger partial charge in [-0.05, 0) is 57.1 Å². The Kier molecular flexibility index (Phi) is 6.82. The summed E-state index contributed by atoms with van der Waals surface area (Å²) in [4.78, 5) is 11.7. The molecule has 0 aliphatic carbocycles. The fourth-order valence-electron chi connectivity index (χ4n) is 3.73. The van der Waals surface area contributed by atoms with Crippen LogP contribution in [0, 0.1) is 0 Å². The topological polar surface area (TPSA) is 78.8 Å². The predicted octanol–water partition coefficient (Wildman–Crippen LogP) is 3.83. The van der Waals surface area contributed by atoms with E-state index >= 15 is 0 Å². The third-order valence-electron chi connectivity index (χ3n) is 5.23. The molecule has 3 heterocycles. The minimum absolute atomic E-state index is 0.197. The van der Waals surface area contributed by atoms with E-state index in [-0.39, 0.29) is 6.04 Å². The Bertz CT molecular complexity index is 914. The number of hydrogen-bond acceptors (Lipinski definition) is 5. The zero-order chi connectivity index (χ0) is 20.6. The van der Waals surface area contributed by atoms with Gasteiger partial charge in [0.2, 0.25) is 5.89 Å². The molecule has 1 aliphatic rings. The van der Waals surface area contributed by atoms with E-state index in [9.17, 15) is 0 Å². The summed E-state index contributed by atoms with van der Waals surface area (Å²) in [5, 5.41) is 6.79. The van der Waals surface area contributed by atoms with Crippen LogP contribution < -0.4 is 10.6 Å². The summed E-state index contributed by atoms with van der Waals surface area (Å²) in [7, 11) is 0. The highest BCUT2D eigenvalue weighted by Gasteiger charge is 2.25. The zero-order valence-electron chi connectivity index (χ0n) is 17.4. The molecule has 1 aromatic carbocycles. The molecule has 3 aromatic rings. The molecule has 2 aromatic heterocycles. The van der Waals surface area contributed by atoms with Crippen molar-refractivity contribution in [3.8, 4) is 11.5 Å². The number of aliphatic imine (C=N–C) groups is 1. The predicted molar refractivity (Wildman–Crippen MR) is 117 cm³/mol. The van der Waals surface area contributed by atoms with Crippen molar-refractivity contribution >= 4 is 5.96 Å². The Hall–Kier alpha value is -3.06. The van der Waals surface area contributed by atoms with Crippen LogP contribution in [-0.4, -0.2) is 42.0 Å². The summed E-state index contributed by atoms with van der Waals surface area (Å²) in [6.07, 6.45) is 5.89. The first kappa shape index (κ1) is 20.2. The van der Waals surface area contributed by atoms with E-state index in [2.05, 4.69) is 33.5 Å². The number of nitrogens with zero attached hydrogens (tertiary/aromatic N) is 3. The number of benzene rings is 1. The molecule has 0 bridgehead atoms. The molecule has 0 radical (unpaired) electrons. The number of nitrogens with one attached hydrogen (secondary N) is 2. The van der Waals surface area contributed by atoms with Gasteiger partial charge in [-0.3, -0.25) is 4.90 Å². The van der Waals surface area contributed by atoms with Crippen LogP contribution in [0.15, 0.2) is 68.8 Å². The fourth-order valence-corrected chi connectivity index (χ4v) is 3.73. The molecule has 0 saturated carbocycles. The van der Waals surface area contributed by atoms with Crippen LogP contribution in [0.25, 0.3) is 11.5 Å². The number of likely N-dealkylation sites (tertiary alicyclic amines) is 1. The summed E-state index contributed by atoms with van der Waals surface area (Å²) < 4.78 is 11.3. The molecule has 30 heavy (non-hydrogen) atoms. The van der Waals surface area contributed by atoms with Crippen molar-refractivity contribution in [2.75, 3.05) is 26.2 Å². The summed E-state index contributed by atoms with van der Waals surface area (Å²) in [5.41, 5.74) is 1.76. The van der Waals surface area contributed by atoms with Crippen LogP contribution in [0.1, 0.15) is 37.3 Å². The van der Waals surface area contributed by atoms with Gasteiger partial charge in [0, 0.05) is 18.7 Å². The second-order valence-corrected chi connectivity index (χ2v) is 7.36. The number of aromatic nitrogens is 1. The zero-order valence-corrected chi connectivity index (χ0v) is 17.4. The standard InChI is InChI=1S/C23H29N5O2/c1-2-24-23(25-15-19-17-30-22(27-19)18-9-4-3-5-10-18)26-16-20(21-11-8-14-29-21)28-12-6-7-13-28/h3-5,8-11,14,17,20H,2,6-7,12-13,15-16H2,1H3,(H2,24,25,26).